The van der Waals surface area contributed by atoms with E-state index in [-0.39, 0.29) is 43.5 Å². The minimum absolute atomic E-state index is 0.0843. The Hall–Kier alpha value is -2.93. The van der Waals surface area contributed by atoms with Crippen LogP contribution in [0.3, 0.4) is 0 Å². The molecule has 0 spiro atoms. The number of nitrogens with one attached hydrogen (secondary N) is 1. The molecule has 0 atom stereocenters. The van der Waals surface area contributed by atoms with Crippen molar-refractivity contribution in [3.8, 4) is 11.5 Å². The summed E-state index contributed by atoms with van der Waals surface area (Å²) in [5.41, 5.74) is 1.50. The van der Waals surface area contributed by atoms with Crippen molar-refractivity contribution in [3.63, 3.8) is 0 Å². The molecule has 35 heavy (non-hydrogen) atoms. The number of para-hydroxylation sites is 1. The SMILES string of the molecule is CC.COCCOC(=O)N(C)CCN(CC(=O)NO)Sc1cc(F)c(Oc2ccccc2)c(F)c1. The third-order valence-corrected chi connectivity index (χ3v) is 5.14. The van der Waals surface area contributed by atoms with Crippen molar-refractivity contribution in [1.29, 1.82) is 0 Å². The average molecular weight is 516 g/mol. The lowest BCUT2D eigenvalue weighted by atomic mass is 10.3. The van der Waals surface area contributed by atoms with Gasteiger partial charge >= 0.3 is 6.09 Å². The van der Waals surface area contributed by atoms with E-state index in [1.54, 1.807) is 30.3 Å². The van der Waals surface area contributed by atoms with E-state index in [2.05, 4.69) is 0 Å². The van der Waals surface area contributed by atoms with Crippen LogP contribution >= 0.6 is 11.9 Å². The molecule has 0 saturated heterocycles. The molecule has 2 amide bonds. The Bertz CT molecular complexity index is 900. The summed E-state index contributed by atoms with van der Waals surface area (Å²) in [6.45, 7) is 4.29. The summed E-state index contributed by atoms with van der Waals surface area (Å²) in [6.07, 6.45) is -0.594. The van der Waals surface area contributed by atoms with Gasteiger partial charge in [0.15, 0.2) is 17.4 Å². The van der Waals surface area contributed by atoms with E-state index in [0.717, 1.165) is 24.1 Å². The zero-order valence-electron chi connectivity index (χ0n) is 20.1. The molecule has 0 aliphatic carbocycles. The number of likely N-dealkylation sites (N-methyl/N-ethyl adjacent to an activating group) is 1. The molecule has 0 saturated carbocycles. The summed E-state index contributed by atoms with van der Waals surface area (Å²) in [6, 6.07) is 10.3. The van der Waals surface area contributed by atoms with Gasteiger partial charge in [0.2, 0.25) is 0 Å². The zero-order chi connectivity index (χ0) is 26.2. The quantitative estimate of drug-likeness (QED) is 0.187. The fourth-order valence-electron chi connectivity index (χ4n) is 2.47. The van der Waals surface area contributed by atoms with Gasteiger partial charge in [0.05, 0.1) is 13.2 Å². The second kappa shape index (κ2) is 16.7. The molecule has 2 N–H and O–H groups in total. The first-order valence-electron chi connectivity index (χ1n) is 10.8. The lowest BCUT2D eigenvalue weighted by molar-refractivity contribution is -0.129. The fraction of sp³-hybridized carbons (Fsp3) is 0.391. The molecule has 0 bridgehead atoms. The highest BCUT2D eigenvalue weighted by Crippen LogP contribution is 2.32. The number of carbonyl (C=O) groups excluding carboxylic acids is 2. The number of carbonyl (C=O) groups is 2. The highest BCUT2D eigenvalue weighted by atomic mass is 32.2. The van der Waals surface area contributed by atoms with Crippen molar-refractivity contribution in [2.75, 3.05) is 47.0 Å². The van der Waals surface area contributed by atoms with E-state index < -0.39 is 29.4 Å². The third-order valence-electron chi connectivity index (χ3n) is 4.12. The molecule has 9 nitrogen and oxygen atoms in total. The van der Waals surface area contributed by atoms with E-state index in [1.165, 1.54) is 28.8 Å². The Morgan fingerprint density at radius 1 is 1.06 bits per heavy atom. The smallest absolute Gasteiger partial charge is 0.409 e. The van der Waals surface area contributed by atoms with Crippen LogP contribution in [0.5, 0.6) is 11.5 Å². The number of benzene rings is 2. The summed E-state index contributed by atoms with van der Waals surface area (Å²) < 4.78 is 45.6. The van der Waals surface area contributed by atoms with Crippen LogP contribution in [-0.4, -0.2) is 73.4 Å². The van der Waals surface area contributed by atoms with Crippen LogP contribution in [0.4, 0.5) is 13.6 Å². The summed E-state index contributed by atoms with van der Waals surface area (Å²) in [5.74, 6) is -2.86. The number of methoxy groups -OCH3 is 1. The van der Waals surface area contributed by atoms with Crippen molar-refractivity contribution in [2.45, 2.75) is 18.7 Å². The Morgan fingerprint density at radius 2 is 1.69 bits per heavy atom. The fourth-order valence-corrected chi connectivity index (χ4v) is 3.44. The molecule has 2 aromatic carbocycles. The van der Waals surface area contributed by atoms with Crippen LogP contribution in [0.1, 0.15) is 13.8 Å². The second-order valence-corrected chi connectivity index (χ2v) is 7.82. The predicted octanol–water partition coefficient (Wildman–Crippen LogP) is 4.31. The van der Waals surface area contributed by atoms with Gasteiger partial charge in [-0.3, -0.25) is 10.0 Å². The molecule has 2 rings (SSSR count). The number of hydrogen-bond donors (Lipinski definition) is 2. The number of nitrogens with zero attached hydrogens (tertiary/aromatic N) is 2. The molecule has 2 aromatic rings. The topological polar surface area (TPSA) is 101 Å². The summed E-state index contributed by atoms with van der Waals surface area (Å²) in [4.78, 5) is 25.0. The monoisotopic (exact) mass is 515 g/mol. The van der Waals surface area contributed by atoms with Crippen LogP contribution in [-0.2, 0) is 14.3 Å². The number of hydrogen-bond acceptors (Lipinski definition) is 8. The van der Waals surface area contributed by atoms with E-state index in [4.69, 9.17) is 19.4 Å². The molecule has 12 heteroatoms. The zero-order valence-corrected chi connectivity index (χ0v) is 20.9. The highest BCUT2D eigenvalue weighted by Gasteiger charge is 2.19. The summed E-state index contributed by atoms with van der Waals surface area (Å²) in [7, 11) is 2.98. The first kappa shape index (κ1) is 30.1. The largest absolute Gasteiger partial charge is 0.451 e. The maximum atomic E-state index is 14.5. The molecular formula is C23H31F2N3O6S. The van der Waals surface area contributed by atoms with Gasteiger partial charge < -0.3 is 19.1 Å². The third kappa shape index (κ3) is 10.9. The standard InChI is InChI=1S/C21H25F2N3O6S.C2H6/c1-25(21(28)31-11-10-30-2)8-9-26(14-19(27)24-29)33-16-12-17(22)20(18(23)13-16)32-15-6-4-3-5-7-15;1-2/h3-7,12-13,29H,8-11,14H2,1-2H3,(H,24,27);1-2H3. The van der Waals surface area contributed by atoms with Gasteiger partial charge in [-0.2, -0.15) is 0 Å². The predicted molar refractivity (Wildman–Crippen MR) is 127 cm³/mol. The van der Waals surface area contributed by atoms with E-state index in [1.807, 2.05) is 13.8 Å². The molecule has 0 radical (unpaired) electrons. The first-order valence-corrected chi connectivity index (χ1v) is 11.6. The van der Waals surface area contributed by atoms with Gasteiger partial charge in [0.1, 0.15) is 12.4 Å². The molecule has 0 unspecified atom stereocenters. The first-order chi connectivity index (χ1) is 16.8. The summed E-state index contributed by atoms with van der Waals surface area (Å²) in [5, 5.41) is 8.83. The Morgan fingerprint density at radius 3 is 2.26 bits per heavy atom. The van der Waals surface area contributed by atoms with Crippen molar-refractivity contribution >= 4 is 23.9 Å². The number of amides is 2. The lowest BCUT2D eigenvalue weighted by Crippen LogP contribution is -2.38. The van der Waals surface area contributed by atoms with Crippen LogP contribution in [0.2, 0.25) is 0 Å². The molecular weight excluding hydrogens is 484 g/mol. The summed E-state index contributed by atoms with van der Waals surface area (Å²) >= 11 is 0.878. The Kier molecular flexibility index (Phi) is 14.3. The minimum Gasteiger partial charge on any atom is -0.451 e. The number of ether oxygens (including phenoxy) is 3. The van der Waals surface area contributed by atoms with E-state index >= 15 is 0 Å². The van der Waals surface area contributed by atoms with Crippen LogP contribution in [0, 0.1) is 11.6 Å². The number of halogens is 2. The van der Waals surface area contributed by atoms with Gasteiger partial charge in [0, 0.05) is 32.1 Å². The normalized spacial score (nSPS) is 10.3. The number of rotatable bonds is 12. The minimum atomic E-state index is -0.924. The van der Waals surface area contributed by atoms with Gasteiger partial charge in [-0.1, -0.05) is 32.0 Å². The molecule has 0 fully saturated rings. The highest BCUT2D eigenvalue weighted by molar-refractivity contribution is 7.97. The van der Waals surface area contributed by atoms with Gasteiger partial charge in [-0.15, -0.1) is 0 Å². The number of hydroxylamine groups is 1. The second-order valence-electron chi connectivity index (χ2n) is 6.65. The van der Waals surface area contributed by atoms with Crippen LogP contribution in [0.25, 0.3) is 0 Å². The van der Waals surface area contributed by atoms with Gasteiger partial charge in [-0.25, -0.2) is 23.4 Å². The average Bonchev–Trinajstić information content (AvgIpc) is 2.86. The van der Waals surface area contributed by atoms with Crippen molar-refractivity contribution in [2.24, 2.45) is 0 Å². The van der Waals surface area contributed by atoms with Crippen molar-refractivity contribution in [3.05, 3.63) is 54.1 Å². The van der Waals surface area contributed by atoms with E-state index in [9.17, 15) is 18.4 Å². The molecule has 0 aromatic heterocycles. The van der Waals surface area contributed by atoms with Crippen LogP contribution in [0.15, 0.2) is 47.4 Å². The Balaban J connectivity index is 0.00000298. The lowest BCUT2D eigenvalue weighted by Gasteiger charge is -2.24. The van der Waals surface area contributed by atoms with Crippen LogP contribution < -0.4 is 10.2 Å². The maximum absolute atomic E-state index is 14.5. The van der Waals surface area contributed by atoms with Crippen molar-refractivity contribution in [1.82, 2.24) is 14.7 Å². The molecule has 0 aliphatic rings. The van der Waals surface area contributed by atoms with Gasteiger partial charge in [-0.05, 0) is 36.2 Å². The van der Waals surface area contributed by atoms with Crippen molar-refractivity contribution < 1.29 is 37.8 Å². The molecule has 0 aliphatic heterocycles. The van der Waals surface area contributed by atoms with E-state index in [0.29, 0.717) is 0 Å². The molecule has 0 heterocycles. The van der Waals surface area contributed by atoms with Gasteiger partial charge in [0.25, 0.3) is 5.91 Å². The molecule has 194 valence electrons. The Labute approximate surface area is 208 Å². The maximum Gasteiger partial charge on any atom is 0.409 e.